The number of hydrogen-bond donors (Lipinski definition) is 1. The van der Waals surface area contributed by atoms with Crippen LogP contribution in [0.1, 0.15) is 30.0 Å². The van der Waals surface area contributed by atoms with E-state index in [0.717, 1.165) is 24.9 Å². The number of halogens is 1. The van der Waals surface area contributed by atoms with Gasteiger partial charge in [-0.2, -0.15) is 0 Å². The fourth-order valence-electron chi connectivity index (χ4n) is 2.37. The zero-order valence-electron chi connectivity index (χ0n) is 10.3. The molecule has 17 heavy (non-hydrogen) atoms. The third-order valence-corrected chi connectivity index (χ3v) is 3.16. The summed E-state index contributed by atoms with van der Waals surface area (Å²) in [6.45, 7) is 1.24. The molecule has 1 aromatic rings. The van der Waals surface area contributed by atoms with Gasteiger partial charge < -0.3 is 14.8 Å². The van der Waals surface area contributed by atoms with Crippen LogP contribution in [0.5, 0.6) is 5.75 Å². The van der Waals surface area contributed by atoms with Crippen molar-refractivity contribution in [2.45, 2.75) is 25.5 Å². The SMILES string of the molecule is COCc1c(F)ccc(C2CCCN2)c1OC. The van der Waals surface area contributed by atoms with Crippen molar-refractivity contribution in [3.63, 3.8) is 0 Å². The predicted octanol–water partition coefficient (Wildman–Crippen LogP) is 2.41. The van der Waals surface area contributed by atoms with Crippen molar-refractivity contribution >= 4 is 0 Å². The lowest BCUT2D eigenvalue weighted by Crippen LogP contribution is -2.15. The van der Waals surface area contributed by atoms with Crippen LogP contribution in [0.3, 0.4) is 0 Å². The van der Waals surface area contributed by atoms with Crippen molar-refractivity contribution in [3.05, 3.63) is 29.1 Å². The number of methoxy groups -OCH3 is 2. The van der Waals surface area contributed by atoms with Gasteiger partial charge >= 0.3 is 0 Å². The number of rotatable bonds is 4. The highest BCUT2D eigenvalue weighted by molar-refractivity contribution is 5.44. The van der Waals surface area contributed by atoms with E-state index < -0.39 is 0 Å². The normalized spacial score (nSPS) is 19.6. The Morgan fingerprint density at radius 2 is 2.24 bits per heavy atom. The maximum absolute atomic E-state index is 13.7. The van der Waals surface area contributed by atoms with Gasteiger partial charge in [-0.25, -0.2) is 4.39 Å². The second-order valence-corrected chi connectivity index (χ2v) is 4.23. The van der Waals surface area contributed by atoms with Crippen LogP contribution < -0.4 is 10.1 Å². The van der Waals surface area contributed by atoms with E-state index in [9.17, 15) is 4.39 Å². The Kier molecular flexibility index (Phi) is 3.97. The molecule has 0 amide bonds. The fraction of sp³-hybridized carbons (Fsp3) is 0.538. The van der Waals surface area contributed by atoms with E-state index in [1.807, 2.05) is 0 Å². The van der Waals surface area contributed by atoms with Crippen molar-refractivity contribution in [1.29, 1.82) is 0 Å². The molecular formula is C13H18FNO2. The number of benzene rings is 1. The molecule has 1 atom stereocenters. The van der Waals surface area contributed by atoms with Gasteiger partial charge in [0, 0.05) is 18.7 Å². The first-order valence-electron chi connectivity index (χ1n) is 5.85. The summed E-state index contributed by atoms with van der Waals surface area (Å²) < 4.78 is 24.1. The molecule has 1 aliphatic rings. The third-order valence-electron chi connectivity index (χ3n) is 3.16. The molecule has 1 heterocycles. The lowest BCUT2D eigenvalue weighted by molar-refractivity contribution is 0.177. The van der Waals surface area contributed by atoms with E-state index in [-0.39, 0.29) is 18.5 Å². The van der Waals surface area contributed by atoms with Gasteiger partial charge in [0.25, 0.3) is 0 Å². The first kappa shape index (κ1) is 12.3. The molecule has 0 spiro atoms. The molecule has 0 aliphatic carbocycles. The van der Waals surface area contributed by atoms with Crippen molar-refractivity contribution in [2.75, 3.05) is 20.8 Å². The Morgan fingerprint density at radius 3 is 2.82 bits per heavy atom. The highest BCUT2D eigenvalue weighted by atomic mass is 19.1. The molecule has 4 heteroatoms. The largest absolute Gasteiger partial charge is 0.496 e. The van der Waals surface area contributed by atoms with Crippen molar-refractivity contribution in [3.8, 4) is 5.75 Å². The van der Waals surface area contributed by atoms with Gasteiger partial charge in [0.2, 0.25) is 0 Å². The van der Waals surface area contributed by atoms with Gasteiger partial charge in [-0.3, -0.25) is 0 Å². The summed E-state index contributed by atoms with van der Waals surface area (Å²) in [6.07, 6.45) is 2.21. The monoisotopic (exact) mass is 239 g/mol. The Morgan fingerprint density at radius 1 is 1.41 bits per heavy atom. The van der Waals surface area contributed by atoms with Crippen LogP contribution in [0, 0.1) is 5.82 Å². The molecule has 1 aromatic carbocycles. The van der Waals surface area contributed by atoms with Crippen LogP contribution in [-0.4, -0.2) is 20.8 Å². The van der Waals surface area contributed by atoms with E-state index in [1.165, 1.54) is 6.07 Å². The standard InChI is InChI=1S/C13H18FNO2/c1-16-8-10-11(14)6-5-9(13(10)17-2)12-4-3-7-15-12/h5-6,12,15H,3-4,7-8H2,1-2H3. The van der Waals surface area contributed by atoms with Gasteiger partial charge in [0.15, 0.2) is 0 Å². The zero-order chi connectivity index (χ0) is 12.3. The molecule has 1 aliphatic heterocycles. The quantitative estimate of drug-likeness (QED) is 0.875. The highest BCUT2D eigenvalue weighted by Crippen LogP contribution is 2.35. The van der Waals surface area contributed by atoms with Crippen LogP contribution in [-0.2, 0) is 11.3 Å². The topological polar surface area (TPSA) is 30.5 Å². The summed E-state index contributed by atoms with van der Waals surface area (Å²) in [5, 5.41) is 3.39. The molecule has 94 valence electrons. The molecule has 1 fully saturated rings. The van der Waals surface area contributed by atoms with Crippen LogP contribution in [0.25, 0.3) is 0 Å². The summed E-state index contributed by atoms with van der Waals surface area (Å²) >= 11 is 0. The lowest BCUT2D eigenvalue weighted by Gasteiger charge is -2.18. The lowest BCUT2D eigenvalue weighted by atomic mass is 10.0. The number of hydrogen-bond acceptors (Lipinski definition) is 3. The van der Waals surface area contributed by atoms with Crippen LogP contribution in [0.2, 0.25) is 0 Å². The van der Waals surface area contributed by atoms with Crippen LogP contribution in [0.4, 0.5) is 4.39 Å². The minimum Gasteiger partial charge on any atom is -0.496 e. The zero-order valence-corrected chi connectivity index (χ0v) is 10.3. The minimum atomic E-state index is -0.273. The number of nitrogens with one attached hydrogen (secondary N) is 1. The summed E-state index contributed by atoms with van der Waals surface area (Å²) in [5.41, 5.74) is 1.53. The Bertz CT molecular complexity index is 389. The first-order valence-corrected chi connectivity index (χ1v) is 5.85. The van der Waals surface area contributed by atoms with Gasteiger partial charge in [0.1, 0.15) is 11.6 Å². The summed E-state index contributed by atoms with van der Waals surface area (Å²) in [6, 6.07) is 3.56. The molecule has 0 aromatic heterocycles. The van der Waals surface area contributed by atoms with E-state index in [0.29, 0.717) is 11.3 Å². The van der Waals surface area contributed by atoms with E-state index in [4.69, 9.17) is 9.47 Å². The van der Waals surface area contributed by atoms with Crippen LogP contribution in [0.15, 0.2) is 12.1 Å². The maximum atomic E-state index is 13.7. The Balaban J connectivity index is 2.40. The second-order valence-electron chi connectivity index (χ2n) is 4.23. The fourth-order valence-corrected chi connectivity index (χ4v) is 2.37. The van der Waals surface area contributed by atoms with Crippen molar-refractivity contribution in [1.82, 2.24) is 5.32 Å². The maximum Gasteiger partial charge on any atom is 0.132 e. The molecule has 1 N–H and O–H groups in total. The van der Waals surface area contributed by atoms with E-state index in [1.54, 1.807) is 20.3 Å². The molecule has 0 radical (unpaired) electrons. The van der Waals surface area contributed by atoms with Gasteiger partial charge in [-0.05, 0) is 25.5 Å². The second kappa shape index (κ2) is 5.47. The van der Waals surface area contributed by atoms with Gasteiger partial charge in [-0.15, -0.1) is 0 Å². The number of ether oxygens (including phenoxy) is 2. The smallest absolute Gasteiger partial charge is 0.132 e. The molecule has 0 saturated carbocycles. The molecule has 1 saturated heterocycles. The van der Waals surface area contributed by atoms with Gasteiger partial charge in [0.05, 0.1) is 19.3 Å². The average molecular weight is 239 g/mol. The third kappa shape index (κ3) is 2.42. The van der Waals surface area contributed by atoms with Crippen LogP contribution >= 0.6 is 0 Å². The van der Waals surface area contributed by atoms with E-state index in [2.05, 4.69) is 5.32 Å². The summed E-state index contributed by atoms with van der Waals surface area (Å²) in [7, 11) is 3.13. The highest BCUT2D eigenvalue weighted by Gasteiger charge is 2.23. The molecule has 3 nitrogen and oxygen atoms in total. The average Bonchev–Trinajstić information content (AvgIpc) is 2.85. The minimum absolute atomic E-state index is 0.232. The van der Waals surface area contributed by atoms with Crippen molar-refractivity contribution in [2.24, 2.45) is 0 Å². The Hall–Kier alpha value is -1.13. The molecule has 2 rings (SSSR count). The summed E-state index contributed by atoms with van der Waals surface area (Å²) in [4.78, 5) is 0. The molecule has 1 unspecified atom stereocenters. The van der Waals surface area contributed by atoms with E-state index >= 15 is 0 Å². The first-order chi connectivity index (χ1) is 8.27. The van der Waals surface area contributed by atoms with Gasteiger partial charge in [-0.1, -0.05) is 6.07 Å². The molecule has 0 bridgehead atoms. The summed E-state index contributed by atoms with van der Waals surface area (Å²) in [5.74, 6) is 0.344. The van der Waals surface area contributed by atoms with Crippen molar-refractivity contribution < 1.29 is 13.9 Å². The molecular weight excluding hydrogens is 221 g/mol. The Labute approximate surface area is 101 Å². The predicted molar refractivity (Wildman–Crippen MR) is 63.6 cm³/mol.